The average molecular weight is 272 g/mol. The molecule has 1 aromatic rings. The molecule has 0 unspecified atom stereocenters. The van der Waals surface area contributed by atoms with Gasteiger partial charge in [0.25, 0.3) is 0 Å². The Labute approximate surface area is 95.4 Å². The standard InChI is InChI=1S/C10H10BrNO3/c1-6-4-7(12-10(14)15)2-3-8(6)9(13)5-11/h2-4,12H,5H2,1H3,(H,14,15). The highest BCUT2D eigenvalue weighted by molar-refractivity contribution is 9.09. The minimum absolute atomic E-state index is 0.0191. The molecule has 80 valence electrons. The second-order valence-corrected chi connectivity index (χ2v) is 3.58. The number of alkyl halides is 1. The number of Topliss-reactive ketones (excluding diaryl/α,β-unsaturated/α-hetero) is 1. The number of halogens is 1. The Hall–Kier alpha value is -1.36. The van der Waals surface area contributed by atoms with E-state index in [1.807, 2.05) is 0 Å². The zero-order valence-corrected chi connectivity index (χ0v) is 9.67. The van der Waals surface area contributed by atoms with Crippen molar-refractivity contribution < 1.29 is 14.7 Å². The molecule has 0 aliphatic rings. The molecular formula is C10H10BrNO3. The topological polar surface area (TPSA) is 66.4 Å². The fraction of sp³-hybridized carbons (Fsp3) is 0.200. The summed E-state index contributed by atoms with van der Waals surface area (Å²) in [6.45, 7) is 1.77. The molecule has 4 nitrogen and oxygen atoms in total. The highest BCUT2D eigenvalue weighted by atomic mass is 79.9. The van der Waals surface area contributed by atoms with Crippen molar-refractivity contribution >= 4 is 33.5 Å². The van der Waals surface area contributed by atoms with Gasteiger partial charge in [0, 0.05) is 11.3 Å². The van der Waals surface area contributed by atoms with E-state index in [4.69, 9.17) is 5.11 Å². The fourth-order valence-corrected chi connectivity index (χ4v) is 1.55. The van der Waals surface area contributed by atoms with Gasteiger partial charge in [-0.1, -0.05) is 15.9 Å². The molecule has 0 saturated carbocycles. The average Bonchev–Trinajstić information content (AvgIpc) is 2.16. The lowest BCUT2D eigenvalue weighted by molar-refractivity contribution is 0.102. The first kappa shape index (κ1) is 11.7. The second kappa shape index (κ2) is 4.93. The maximum Gasteiger partial charge on any atom is 0.409 e. The van der Waals surface area contributed by atoms with Crippen molar-refractivity contribution in [1.82, 2.24) is 0 Å². The predicted molar refractivity (Wildman–Crippen MR) is 61.0 cm³/mol. The first-order valence-electron chi connectivity index (χ1n) is 4.24. The lowest BCUT2D eigenvalue weighted by Crippen LogP contribution is -2.09. The van der Waals surface area contributed by atoms with Crippen LogP contribution in [0.15, 0.2) is 18.2 Å². The van der Waals surface area contributed by atoms with Gasteiger partial charge in [-0.2, -0.15) is 0 Å². The lowest BCUT2D eigenvalue weighted by Gasteiger charge is -2.06. The minimum Gasteiger partial charge on any atom is -0.465 e. The van der Waals surface area contributed by atoms with Crippen molar-refractivity contribution in [3.05, 3.63) is 29.3 Å². The normalized spacial score (nSPS) is 9.73. The molecule has 0 atom stereocenters. The van der Waals surface area contributed by atoms with Gasteiger partial charge in [-0.05, 0) is 30.7 Å². The van der Waals surface area contributed by atoms with Crippen molar-refractivity contribution in [2.24, 2.45) is 0 Å². The molecule has 0 saturated heterocycles. The number of aryl methyl sites for hydroxylation is 1. The Kier molecular flexibility index (Phi) is 3.85. The molecule has 0 aliphatic carbocycles. The first-order valence-corrected chi connectivity index (χ1v) is 5.36. The molecule has 0 radical (unpaired) electrons. The molecule has 0 aliphatic heterocycles. The van der Waals surface area contributed by atoms with Crippen LogP contribution in [0.3, 0.4) is 0 Å². The smallest absolute Gasteiger partial charge is 0.409 e. The monoisotopic (exact) mass is 271 g/mol. The molecule has 1 aromatic carbocycles. The van der Waals surface area contributed by atoms with Crippen LogP contribution in [0.1, 0.15) is 15.9 Å². The third-order valence-corrected chi connectivity index (χ3v) is 2.41. The summed E-state index contributed by atoms with van der Waals surface area (Å²) in [5.41, 5.74) is 1.82. The summed E-state index contributed by atoms with van der Waals surface area (Å²) < 4.78 is 0. The molecule has 0 aromatic heterocycles. The zero-order valence-electron chi connectivity index (χ0n) is 8.08. The van der Waals surface area contributed by atoms with Crippen LogP contribution in [0.25, 0.3) is 0 Å². The Balaban J connectivity index is 2.97. The summed E-state index contributed by atoms with van der Waals surface area (Å²) >= 11 is 3.09. The van der Waals surface area contributed by atoms with E-state index < -0.39 is 6.09 Å². The number of anilines is 1. The van der Waals surface area contributed by atoms with E-state index >= 15 is 0 Å². The largest absolute Gasteiger partial charge is 0.465 e. The summed E-state index contributed by atoms with van der Waals surface area (Å²) in [5, 5.41) is 11.0. The number of nitrogens with one attached hydrogen (secondary N) is 1. The number of ketones is 1. The Morgan fingerprint density at radius 2 is 2.13 bits per heavy atom. The number of hydrogen-bond donors (Lipinski definition) is 2. The molecular weight excluding hydrogens is 262 g/mol. The van der Waals surface area contributed by atoms with Crippen LogP contribution in [-0.4, -0.2) is 22.3 Å². The van der Waals surface area contributed by atoms with Crippen molar-refractivity contribution in [1.29, 1.82) is 0 Å². The number of rotatable bonds is 3. The number of carbonyl (C=O) groups is 2. The van der Waals surface area contributed by atoms with Crippen molar-refractivity contribution in [2.45, 2.75) is 6.92 Å². The van der Waals surface area contributed by atoms with E-state index in [9.17, 15) is 9.59 Å². The van der Waals surface area contributed by atoms with E-state index in [-0.39, 0.29) is 11.1 Å². The van der Waals surface area contributed by atoms with Gasteiger partial charge in [0.05, 0.1) is 5.33 Å². The number of amides is 1. The summed E-state index contributed by atoms with van der Waals surface area (Å²) in [5.74, 6) is -0.0191. The summed E-state index contributed by atoms with van der Waals surface area (Å²) in [7, 11) is 0. The number of hydrogen-bond acceptors (Lipinski definition) is 2. The summed E-state index contributed by atoms with van der Waals surface area (Å²) in [4.78, 5) is 21.8. The Bertz CT molecular complexity index is 404. The van der Waals surface area contributed by atoms with E-state index in [2.05, 4.69) is 21.2 Å². The van der Waals surface area contributed by atoms with E-state index in [1.165, 1.54) is 0 Å². The molecule has 0 bridgehead atoms. The van der Waals surface area contributed by atoms with Crippen LogP contribution in [0.5, 0.6) is 0 Å². The molecule has 15 heavy (non-hydrogen) atoms. The first-order chi connectivity index (χ1) is 7.04. The molecule has 2 N–H and O–H groups in total. The molecule has 1 amide bonds. The van der Waals surface area contributed by atoms with Gasteiger partial charge in [0.15, 0.2) is 5.78 Å². The van der Waals surface area contributed by atoms with Crippen LogP contribution >= 0.6 is 15.9 Å². The van der Waals surface area contributed by atoms with Crippen LogP contribution in [0.4, 0.5) is 10.5 Å². The second-order valence-electron chi connectivity index (χ2n) is 3.02. The minimum atomic E-state index is -1.12. The fourth-order valence-electron chi connectivity index (χ4n) is 1.25. The third kappa shape index (κ3) is 3.06. The maximum atomic E-state index is 11.4. The van der Waals surface area contributed by atoms with Crippen LogP contribution < -0.4 is 5.32 Å². The van der Waals surface area contributed by atoms with Crippen LogP contribution in [-0.2, 0) is 0 Å². The number of carboxylic acid groups (broad SMARTS) is 1. The molecule has 0 heterocycles. The van der Waals surface area contributed by atoms with Crippen LogP contribution in [0, 0.1) is 6.92 Å². The van der Waals surface area contributed by atoms with E-state index in [1.54, 1.807) is 25.1 Å². The van der Waals surface area contributed by atoms with Crippen molar-refractivity contribution in [2.75, 3.05) is 10.6 Å². The van der Waals surface area contributed by atoms with Crippen molar-refractivity contribution in [3.8, 4) is 0 Å². The van der Waals surface area contributed by atoms with Gasteiger partial charge in [-0.25, -0.2) is 4.79 Å². The third-order valence-electron chi connectivity index (χ3n) is 1.90. The Morgan fingerprint density at radius 1 is 1.47 bits per heavy atom. The van der Waals surface area contributed by atoms with Gasteiger partial charge in [0.2, 0.25) is 0 Å². The van der Waals surface area contributed by atoms with E-state index in [0.717, 1.165) is 5.56 Å². The van der Waals surface area contributed by atoms with E-state index in [0.29, 0.717) is 11.3 Å². The maximum absolute atomic E-state index is 11.4. The SMILES string of the molecule is Cc1cc(NC(=O)O)ccc1C(=O)CBr. The zero-order chi connectivity index (χ0) is 11.4. The number of carbonyl (C=O) groups excluding carboxylic acids is 1. The van der Waals surface area contributed by atoms with Crippen molar-refractivity contribution in [3.63, 3.8) is 0 Å². The lowest BCUT2D eigenvalue weighted by atomic mass is 10.1. The van der Waals surface area contributed by atoms with Gasteiger partial charge in [0.1, 0.15) is 0 Å². The van der Waals surface area contributed by atoms with Gasteiger partial charge in [-0.15, -0.1) is 0 Å². The number of benzene rings is 1. The molecule has 0 fully saturated rings. The molecule has 5 heteroatoms. The predicted octanol–water partition coefficient (Wildman–Crippen LogP) is 2.66. The summed E-state index contributed by atoms with van der Waals surface area (Å²) in [6, 6.07) is 4.81. The van der Waals surface area contributed by atoms with Gasteiger partial charge >= 0.3 is 6.09 Å². The highest BCUT2D eigenvalue weighted by Crippen LogP contribution is 2.16. The highest BCUT2D eigenvalue weighted by Gasteiger charge is 2.08. The quantitative estimate of drug-likeness (QED) is 0.656. The summed E-state index contributed by atoms with van der Waals surface area (Å²) in [6.07, 6.45) is -1.12. The van der Waals surface area contributed by atoms with Gasteiger partial charge in [-0.3, -0.25) is 10.1 Å². The molecule has 0 spiro atoms. The van der Waals surface area contributed by atoms with Crippen LogP contribution in [0.2, 0.25) is 0 Å². The Morgan fingerprint density at radius 3 is 2.60 bits per heavy atom. The molecule has 1 rings (SSSR count). The van der Waals surface area contributed by atoms with Gasteiger partial charge < -0.3 is 5.11 Å².